The van der Waals surface area contributed by atoms with Crippen molar-refractivity contribution in [3.63, 3.8) is 0 Å². The number of hydrogen-bond acceptors (Lipinski definition) is 7. The quantitative estimate of drug-likeness (QED) is 0.605. The molecule has 158 valence electrons. The van der Waals surface area contributed by atoms with E-state index in [-0.39, 0.29) is 23.9 Å². The van der Waals surface area contributed by atoms with Gasteiger partial charge in [-0.25, -0.2) is 13.4 Å². The largest absolute Gasteiger partial charge is 0.335 e. The van der Waals surface area contributed by atoms with Crippen LogP contribution in [0.1, 0.15) is 20.4 Å². The lowest BCUT2D eigenvalue weighted by Gasteiger charge is -2.33. The van der Waals surface area contributed by atoms with E-state index < -0.39 is 10.0 Å². The highest BCUT2D eigenvalue weighted by Crippen LogP contribution is 2.28. The third-order valence-electron chi connectivity index (χ3n) is 4.97. The van der Waals surface area contributed by atoms with E-state index in [1.807, 2.05) is 13.8 Å². The molecule has 0 saturated carbocycles. The predicted molar refractivity (Wildman–Crippen MR) is 113 cm³/mol. The first-order valence-electron chi connectivity index (χ1n) is 9.45. The van der Waals surface area contributed by atoms with Gasteiger partial charge < -0.3 is 4.90 Å². The Labute approximate surface area is 179 Å². The van der Waals surface area contributed by atoms with Crippen LogP contribution >= 0.6 is 11.3 Å². The van der Waals surface area contributed by atoms with Gasteiger partial charge in [0.2, 0.25) is 10.0 Å². The molecule has 1 aliphatic rings. The van der Waals surface area contributed by atoms with Crippen molar-refractivity contribution in [3.05, 3.63) is 46.3 Å². The smallest absolute Gasteiger partial charge is 0.265 e. The molecular weight excluding hydrogens is 424 g/mol. The molecule has 9 nitrogen and oxygen atoms in total. The molecule has 0 atom stereocenters. The summed E-state index contributed by atoms with van der Waals surface area (Å²) >= 11 is 1.37. The third kappa shape index (κ3) is 3.75. The summed E-state index contributed by atoms with van der Waals surface area (Å²) in [6.07, 6.45) is 4.74. The molecule has 4 heterocycles. The standard InChI is InChI=1S/C19H22N6O3S2/c1-13-18(29-14(2)21-13)19(26)24-7-9-25(10-8-24)30(27,28)16-12-23(3)22-17(16)15-5-4-6-20-11-15/h4-6,11-12H,7-10H2,1-3H3. The number of carbonyl (C=O) groups is 1. The molecule has 0 unspecified atom stereocenters. The van der Waals surface area contributed by atoms with Crippen molar-refractivity contribution in [2.75, 3.05) is 26.2 Å². The summed E-state index contributed by atoms with van der Waals surface area (Å²) in [6.45, 7) is 4.80. The Morgan fingerprint density at radius 3 is 2.50 bits per heavy atom. The Morgan fingerprint density at radius 2 is 1.90 bits per heavy atom. The fourth-order valence-corrected chi connectivity index (χ4v) is 6.00. The molecule has 0 bridgehead atoms. The van der Waals surface area contributed by atoms with Crippen LogP contribution in [-0.2, 0) is 17.1 Å². The van der Waals surface area contributed by atoms with E-state index in [1.165, 1.54) is 26.5 Å². The van der Waals surface area contributed by atoms with Gasteiger partial charge >= 0.3 is 0 Å². The van der Waals surface area contributed by atoms with Crippen LogP contribution in [0.25, 0.3) is 11.3 Å². The summed E-state index contributed by atoms with van der Waals surface area (Å²) in [6, 6.07) is 3.53. The lowest BCUT2D eigenvalue weighted by molar-refractivity contribution is 0.0702. The van der Waals surface area contributed by atoms with Crippen molar-refractivity contribution in [1.29, 1.82) is 0 Å². The zero-order chi connectivity index (χ0) is 21.5. The molecule has 0 radical (unpaired) electrons. The lowest BCUT2D eigenvalue weighted by atomic mass is 10.2. The maximum absolute atomic E-state index is 13.3. The molecule has 4 rings (SSSR count). The molecule has 30 heavy (non-hydrogen) atoms. The number of nitrogens with zero attached hydrogens (tertiary/aromatic N) is 6. The second-order valence-electron chi connectivity index (χ2n) is 7.10. The van der Waals surface area contributed by atoms with Crippen LogP contribution in [0, 0.1) is 13.8 Å². The van der Waals surface area contributed by atoms with Gasteiger partial charge in [-0.1, -0.05) is 0 Å². The average Bonchev–Trinajstić information content (AvgIpc) is 3.30. The maximum Gasteiger partial charge on any atom is 0.265 e. The molecule has 0 aliphatic carbocycles. The molecule has 3 aromatic rings. The topological polar surface area (TPSA) is 101 Å². The first kappa shape index (κ1) is 20.6. The van der Waals surface area contributed by atoms with E-state index in [2.05, 4.69) is 15.1 Å². The molecule has 1 saturated heterocycles. The molecule has 1 amide bonds. The van der Waals surface area contributed by atoms with E-state index in [4.69, 9.17) is 0 Å². The fraction of sp³-hybridized carbons (Fsp3) is 0.368. The molecule has 1 fully saturated rings. The van der Waals surface area contributed by atoms with Gasteiger partial charge in [-0.3, -0.25) is 14.5 Å². The number of amides is 1. The van der Waals surface area contributed by atoms with Crippen molar-refractivity contribution in [2.45, 2.75) is 18.7 Å². The Kier molecular flexibility index (Phi) is 5.43. The second kappa shape index (κ2) is 7.89. The van der Waals surface area contributed by atoms with Crippen LogP contribution in [0.4, 0.5) is 0 Å². The van der Waals surface area contributed by atoms with E-state index in [0.29, 0.717) is 34.9 Å². The summed E-state index contributed by atoms with van der Waals surface area (Å²) in [5.74, 6) is -0.0902. The molecule has 0 spiro atoms. The minimum absolute atomic E-state index is 0.0902. The highest BCUT2D eigenvalue weighted by molar-refractivity contribution is 7.89. The van der Waals surface area contributed by atoms with E-state index in [0.717, 1.165) is 5.01 Å². The van der Waals surface area contributed by atoms with Crippen molar-refractivity contribution >= 4 is 27.3 Å². The van der Waals surface area contributed by atoms with Gasteiger partial charge in [0.25, 0.3) is 5.91 Å². The first-order valence-corrected chi connectivity index (χ1v) is 11.7. The second-order valence-corrected chi connectivity index (χ2v) is 10.2. The first-order chi connectivity index (χ1) is 14.3. The zero-order valence-corrected chi connectivity index (χ0v) is 18.6. The fourth-order valence-electron chi connectivity index (χ4n) is 3.50. The zero-order valence-electron chi connectivity index (χ0n) is 16.9. The van der Waals surface area contributed by atoms with E-state index in [9.17, 15) is 13.2 Å². The number of rotatable bonds is 4. The predicted octanol–water partition coefficient (Wildman–Crippen LogP) is 1.70. The number of pyridine rings is 1. The highest BCUT2D eigenvalue weighted by Gasteiger charge is 2.34. The average molecular weight is 447 g/mol. The van der Waals surface area contributed by atoms with E-state index >= 15 is 0 Å². The maximum atomic E-state index is 13.3. The number of carbonyl (C=O) groups excluding carboxylic acids is 1. The van der Waals surface area contributed by atoms with Crippen LogP contribution in [0.5, 0.6) is 0 Å². The Bertz CT molecular complexity index is 1180. The summed E-state index contributed by atoms with van der Waals surface area (Å²) in [4.78, 5) is 23.6. The van der Waals surface area contributed by atoms with Gasteiger partial charge in [-0.15, -0.1) is 11.3 Å². The number of thiazole rings is 1. The molecule has 1 aliphatic heterocycles. The van der Waals surface area contributed by atoms with Gasteiger partial charge in [0, 0.05) is 57.4 Å². The Morgan fingerprint density at radius 1 is 1.17 bits per heavy atom. The van der Waals surface area contributed by atoms with Crippen LogP contribution in [0.3, 0.4) is 0 Å². The van der Waals surface area contributed by atoms with Crippen LogP contribution in [0.15, 0.2) is 35.6 Å². The van der Waals surface area contributed by atoms with Gasteiger partial charge in [0.1, 0.15) is 15.5 Å². The van der Waals surface area contributed by atoms with Gasteiger partial charge in [-0.2, -0.15) is 9.40 Å². The van der Waals surface area contributed by atoms with Crippen molar-refractivity contribution in [1.82, 2.24) is 29.0 Å². The molecular formula is C19H22N6O3S2. The minimum Gasteiger partial charge on any atom is -0.335 e. The molecule has 3 aromatic heterocycles. The van der Waals surface area contributed by atoms with Crippen LogP contribution in [-0.4, -0.2) is 69.5 Å². The van der Waals surface area contributed by atoms with Gasteiger partial charge in [0.05, 0.1) is 10.7 Å². The molecule has 0 N–H and O–H groups in total. The van der Waals surface area contributed by atoms with Crippen molar-refractivity contribution in [2.24, 2.45) is 7.05 Å². The van der Waals surface area contributed by atoms with Gasteiger partial charge in [0.15, 0.2) is 0 Å². The van der Waals surface area contributed by atoms with Crippen LogP contribution in [0.2, 0.25) is 0 Å². The third-order valence-corrected chi connectivity index (χ3v) is 7.93. The summed E-state index contributed by atoms with van der Waals surface area (Å²) in [5.41, 5.74) is 1.73. The molecule has 11 heteroatoms. The number of aromatic nitrogens is 4. The summed E-state index contributed by atoms with van der Waals surface area (Å²) < 4.78 is 29.6. The number of sulfonamides is 1. The number of aryl methyl sites for hydroxylation is 3. The Balaban J connectivity index is 1.54. The SMILES string of the molecule is Cc1nc(C)c(C(=O)N2CCN(S(=O)(=O)c3cn(C)nc3-c3cccnc3)CC2)s1. The normalized spacial score (nSPS) is 15.5. The van der Waals surface area contributed by atoms with E-state index in [1.54, 1.807) is 36.5 Å². The number of piperazine rings is 1. The minimum atomic E-state index is -3.76. The van der Waals surface area contributed by atoms with Crippen molar-refractivity contribution < 1.29 is 13.2 Å². The Hall–Kier alpha value is -2.63. The van der Waals surface area contributed by atoms with Crippen LogP contribution < -0.4 is 0 Å². The summed E-state index contributed by atoms with van der Waals surface area (Å²) in [5, 5.41) is 5.18. The highest BCUT2D eigenvalue weighted by atomic mass is 32.2. The van der Waals surface area contributed by atoms with Gasteiger partial charge in [-0.05, 0) is 26.0 Å². The monoisotopic (exact) mass is 446 g/mol. The molecule has 0 aromatic carbocycles. The van der Waals surface area contributed by atoms with Crippen molar-refractivity contribution in [3.8, 4) is 11.3 Å². The lowest BCUT2D eigenvalue weighted by Crippen LogP contribution is -2.50. The number of hydrogen-bond donors (Lipinski definition) is 0. The summed E-state index contributed by atoms with van der Waals surface area (Å²) in [7, 11) is -2.07.